The molecule has 5 heteroatoms. The average molecular weight is 246 g/mol. The minimum atomic E-state index is 0.397. The molecule has 0 heterocycles. The molecule has 1 rings (SSSR count). The van der Waals surface area contributed by atoms with Crippen molar-refractivity contribution in [3.05, 3.63) is 0 Å². The second kappa shape index (κ2) is 7.81. The fraction of sp³-hybridized carbons (Fsp3) is 0.909. The fourth-order valence-electron chi connectivity index (χ4n) is 1.94. The Morgan fingerprint density at radius 2 is 2.19 bits per heavy atom. The van der Waals surface area contributed by atoms with Crippen LogP contribution in [0.3, 0.4) is 0 Å². The number of hydrogen-bond donors (Lipinski definition) is 2. The van der Waals surface area contributed by atoms with Gasteiger partial charge in [-0.25, -0.2) is 0 Å². The molecule has 4 nitrogen and oxygen atoms in total. The minimum absolute atomic E-state index is 0.397. The zero-order valence-corrected chi connectivity index (χ0v) is 10.9. The van der Waals surface area contributed by atoms with Crippen LogP contribution in [0.1, 0.15) is 25.7 Å². The van der Waals surface area contributed by atoms with E-state index in [1.807, 2.05) is 0 Å². The van der Waals surface area contributed by atoms with Crippen LogP contribution in [-0.4, -0.2) is 44.6 Å². The van der Waals surface area contributed by atoms with Crippen molar-refractivity contribution in [1.29, 1.82) is 0 Å². The summed E-state index contributed by atoms with van der Waals surface area (Å²) in [5.74, 6) is 0. The summed E-state index contributed by atoms with van der Waals surface area (Å²) in [6.07, 6.45) is 4.69. The molecule has 1 aliphatic rings. The first-order valence-corrected chi connectivity index (χ1v) is 6.23. The molecule has 0 aromatic heterocycles. The summed E-state index contributed by atoms with van der Waals surface area (Å²) in [5, 5.41) is 7.24. The van der Waals surface area contributed by atoms with Crippen molar-refractivity contribution in [2.45, 2.75) is 37.8 Å². The third-order valence-electron chi connectivity index (χ3n) is 2.86. The second-order valence-electron chi connectivity index (χ2n) is 4.11. The monoisotopic (exact) mass is 246 g/mol. The highest BCUT2D eigenvalue weighted by molar-refractivity contribution is 7.80. The molecule has 2 atom stereocenters. The number of methoxy groups -OCH3 is 2. The number of nitrogens with one attached hydrogen (secondary N) is 2. The number of thiocarbonyl (C=S) groups is 1. The topological polar surface area (TPSA) is 42.5 Å². The van der Waals surface area contributed by atoms with E-state index in [4.69, 9.17) is 21.7 Å². The molecule has 1 saturated carbocycles. The molecule has 0 saturated heterocycles. The van der Waals surface area contributed by atoms with E-state index in [2.05, 4.69) is 10.6 Å². The molecule has 0 aromatic rings. The van der Waals surface area contributed by atoms with Crippen molar-refractivity contribution in [3.63, 3.8) is 0 Å². The first-order valence-electron chi connectivity index (χ1n) is 5.82. The zero-order chi connectivity index (χ0) is 11.8. The van der Waals surface area contributed by atoms with Gasteiger partial charge in [0.05, 0.1) is 6.10 Å². The maximum atomic E-state index is 5.32. The lowest BCUT2D eigenvalue weighted by Gasteiger charge is -2.16. The predicted octanol–water partition coefficient (Wildman–Crippen LogP) is 1.05. The highest BCUT2D eigenvalue weighted by atomic mass is 32.1. The van der Waals surface area contributed by atoms with E-state index < -0.39 is 0 Å². The molecule has 2 N–H and O–H groups in total. The lowest BCUT2D eigenvalue weighted by atomic mass is 10.2. The largest absolute Gasteiger partial charge is 0.385 e. The quantitative estimate of drug-likeness (QED) is 0.542. The van der Waals surface area contributed by atoms with E-state index in [0.29, 0.717) is 12.1 Å². The van der Waals surface area contributed by atoms with Gasteiger partial charge in [-0.05, 0) is 37.9 Å². The summed E-state index contributed by atoms with van der Waals surface area (Å²) in [6, 6.07) is 0.465. The molecule has 94 valence electrons. The fourth-order valence-corrected chi connectivity index (χ4v) is 2.21. The Balaban J connectivity index is 2.06. The standard InChI is InChI=1S/C11H22N2O2S/c1-14-7-3-6-12-11(16)13-9-4-5-10(8-9)15-2/h9-10H,3-8H2,1-2H3,(H2,12,13,16). The molecule has 0 spiro atoms. The van der Waals surface area contributed by atoms with Crippen LogP contribution in [0.5, 0.6) is 0 Å². The molecule has 0 bridgehead atoms. The third kappa shape index (κ3) is 5.09. The van der Waals surface area contributed by atoms with Gasteiger partial charge in [0.2, 0.25) is 0 Å². The van der Waals surface area contributed by atoms with Gasteiger partial charge in [-0.2, -0.15) is 0 Å². The maximum Gasteiger partial charge on any atom is 0.166 e. The summed E-state index contributed by atoms with van der Waals surface area (Å²) < 4.78 is 10.3. The molecule has 0 aliphatic heterocycles. The van der Waals surface area contributed by atoms with Crippen LogP contribution >= 0.6 is 12.2 Å². The molecule has 16 heavy (non-hydrogen) atoms. The molecule has 0 amide bonds. The van der Waals surface area contributed by atoms with Gasteiger partial charge in [0.25, 0.3) is 0 Å². The Kier molecular flexibility index (Phi) is 6.68. The second-order valence-corrected chi connectivity index (χ2v) is 4.52. The average Bonchev–Trinajstić information content (AvgIpc) is 2.72. The van der Waals surface area contributed by atoms with Crippen LogP contribution < -0.4 is 10.6 Å². The number of rotatable bonds is 6. The van der Waals surface area contributed by atoms with Crippen LogP contribution in [0.25, 0.3) is 0 Å². The van der Waals surface area contributed by atoms with Gasteiger partial charge in [0.15, 0.2) is 5.11 Å². The van der Waals surface area contributed by atoms with Crippen LogP contribution in [0, 0.1) is 0 Å². The summed E-state index contributed by atoms with van der Waals surface area (Å²) in [4.78, 5) is 0. The maximum absolute atomic E-state index is 5.32. The van der Waals surface area contributed by atoms with Gasteiger partial charge < -0.3 is 20.1 Å². The Hall–Kier alpha value is -0.390. The van der Waals surface area contributed by atoms with Gasteiger partial charge in [0.1, 0.15) is 0 Å². The van der Waals surface area contributed by atoms with E-state index in [1.54, 1.807) is 14.2 Å². The van der Waals surface area contributed by atoms with Crippen molar-refractivity contribution in [3.8, 4) is 0 Å². The lowest BCUT2D eigenvalue weighted by Crippen LogP contribution is -2.41. The van der Waals surface area contributed by atoms with Crippen molar-refractivity contribution in [2.75, 3.05) is 27.4 Å². The number of hydrogen-bond acceptors (Lipinski definition) is 3. The highest BCUT2D eigenvalue weighted by Gasteiger charge is 2.24. The van der Waals surface area contributed by atoms with Gasteiger partial charge >= 0.3 is 0 Å². The highest BCUT2D eigenvalue weighted by Crippen LogP contribution is 2.21. The van der Waals surface area contributed by atoms with Gasteiger partial charge in [-0.15, -0.1) is 0 Å². The van der Waals surface area contributed by atoms with E-state index >= 15 is 0 Å². The summed E-state index contributed by atoms with van der Waals surface area (Å²) in [5.41, 5.74) is 0. The van der Waals surface area contributed by atoms with Gasteiger partial charge in [-0.1, -0.05) is 0 Å². The summed E-state index contributed by atoms with van der Waals surface area (Å²) in [6.45, 7) is 1.63. The Morgan fingerprint density at radius 3 is 2.81 bits per heavy atom. The van der Waals surface area contributed by atoms with E-state index in [0.717, 1.165) is 43.9 Å². The molecule has 0 radical (unpaired) electrons. The van der Waals surface area contributed by atoms with Gasteiger partial charge in [-0.3, -0.25) is 0 Å². The van der Waals surface area contributed by atoms with Crippen LogP contribution in [-0.2, 0) is 9.47 Å². The molecule has 2 unspecified atom stereocenters. The summed E-state index contributed by atoms with van der Waals surface area (Å²) >= 11 is 5.21. The number of ether oxygens (including phenoxy) is 2. The SMILES string of the molecule is COCCCNC(=S)NC1CCC(OC)C1. The Morgan fingerprint density at radius 1 is 1.38 bits per heavy atom. The van der Waals surface area contributed by atoms with Gasteiger partial charge in [0, 0.05) is 33.4 Å². The van der Waals surface area contributed by atoms with E-state index in [9.17, 15) is 0 Å². The molecular formula is C11H22N2O2S. The summed E-state index contributed by atoms with van der Waals surface area (Å²) in [7, 11) is 3.48. The first-order chi connectivity index (χ1) is 7.76. The van der Waals surface area contributed by atoms with Crippen molar-refractivity contribution >= 4 is 17.3 Å². The van der Waals surface area contributed by atoms with Crippen LogP contribution in [0.4, 0.5) is 0 Å². The Bertz CT molecular complexity index is 214. The lowest BCUT2D eigenvalue weighted by molar-refractivity contribution is 0.107. The molecule has 1 aliphatic carbocycles. The van der Waals surface area contributed by atoms with Crippen molar-refractivity contribution in [1.82, 2.24) is 10.6 Å². The van der Waals surface area contributed by atoms with E-state index in [1.165, 1.54) is 0 Å². The van der Waals surface area contributed by atoms with Crippen LogP contribution in [0.2, 0.25) is 0 Å². The van der Waals surface area contributed by atoms with Crippen LogP contribution in [0.15, 0.2) is 0 Å². The van der Waals surface area contributed by atoms with E-state index in [-0.39, 0.29) is 0 Å². The molecule has 0 aromatic carbocycles. The third-order valence-corrected chi connectivity index (χ3v) is 3.13. The molecule has 1 fully saturated rings. The normalized spacial score (nSPS) is 24.4. The van der Waals surface area contributed by atoms with Crippen molar-refractivity contribution < 1.29 is 9.47 Å². The predicted molar refractivity (Wildman–Crippen MR) is 68.7 cm³/mol. The first kappa shape index (κ1) is 13.7. The van der Waals surface area contributed by atoms with Crippen molar-refractivity contribution in [2.24, 2.45) is 0 Å². The minimum Gasteiger partial charge on any atom is -0.385 e. The Labute approximate surface area is 103 Å². The zero-order valence-electron chi connectivity index (χ0n) is 10.1. The molecular weight excluding hydrogens is 224 g/mol. The smallest absolute Gasteiger partial charge is 0.166 e.